The lowest BCUT2D eigenvalue weighted by Crippen LogP contribution is -2.45. The Balaban J connectivity index is 1.91. The van der Waals surface area contributed by atoms with Crippen molar-refractivity contribution in [1.29, 1.82) is 0 Å². The Kier molecular flexibility index (Phi) is 5.12. The Hall–Kier alpha value is -1.96. The third-order valence-electron chi connectivity index (χ3n) is 3.58. The minimum absolute atomic E-state index is 0.0670. The van der Waals surface area contributed by atoms with E-state index in [-0.39, 0.29) is 29.9 Å². The number of pyridine rings is 1. The lowest BCUT2D eigenvalue weighted by molar-refractivity contribution is -0.136. The number of nitrogens with one attached hydrogen (secondary N) is 1. The fourth-order valence-electron chi connectivity index (χ4n) is 2.43. The number of rotatable bonds is 5. The molecule has 0 aliphatic carbocycles. The Bertz CT molecular complexity index is 645. The number of carbonyl (C=O) groups is 2. The highest BCUT2D eigenvalue weighted by Gasteiger charge is 2.34. The van der Waals surface area contributed by atoms with Crippen LogP contribution >= 0.6 is 0 Å². The molecule has 0 bridgehead atoms. The summed E-state index contributed by atoms with van der Waals surface area (Å²) in [5.74, 6) is -0.608. The van der Waals surface area contributed by atoms with Crippen LogP contribution in [0.5, 0.6) is 0 Å². The van der Waals surface area contributed by atoms with Crippen LogP contribution in [-0.2, 0) is 26.0 Å². The molecular weight excluding hydrogens is 306 g/mol. The van der Waals surface area contributed by atoms with Crippen molar-refractivity contribution >= 4 is 21.7 Å². The van der Waals surface area contributed by atoms with E-state index in [2.05, 4.69) is 10.3 Å². The largest absolute Gasteiger partial charge is 0.350 e. The molecule has 0 radical (unpaired) electrons. The van der Waals surface area contributed by atoms with Gasteiger partial charge in [-0.3, -0.25) is 14.6 Å². The molecule has 2 amide bonds. The molecular formula is C14H19N3O4S. The number of hydrogen-bond donors (Lipinski definition) is 1. The van der Waals surface area contributed by atoms with Crippen molar-refractivity contribution in [1.82, 2.24) is 15.2 Å². The van der Waals surface area contributed by atoms with Crippen molar-refractivity contribution in [2.75, 3.05) is 18.1 Å². The summed E-state index contributed by atoms with van der Waals surface area (Å²) in [6, 6.07) is 3.19. The average molecular weight is 325 g/mol. The zero-order valence-corrected chi connectivity index (χ0v) is 13.2. The van der Waals surface area contributed by atoms with E-state index in [1.54, 1.807) is 18.5 Å². The third-order valence-corrected chi connectivity index (χ3v) is 5.33. The van der Waals surface area contributed by atoms with Gasteiger partial charge in [0.05, 0.1) is 18.1 Å². The molecule has 1 aromatic heterocycles. The molecule has 1 aliphatic rings. The SMILES string of the molecule is CC(=O)N(CC(=O)NCc1cccnc1)C1CCS(=O)(=O)C1. The summed E-state index contributed by atoms with van der Waals surface area (Å²) < 4.78 is 23.0. The highest BCUT2D eigenvalue weighted by Crippen LogP contribution is 2.17. The smallest absolute Gasteiger partial charge is 0.239 e. The van der Waals surface area contributed by atoms with Crippen molar-refractivity contribution in [3.05, 3.63) is 30.1 Å². The predicted octanol–water partition coefficient (Wildman–Crippen LogP) is -0.267. The summed E-state index contributed by atoms with van der Waals surface area (Å²) in [4.78, 5) is 29.0. The molecule has 2 heterocycles. The molecule has 1 fully saturated rings. The van der Waals surface area contributed by atoms with Gasteiger partial charge in [-0.2, -0.15) is 0 Å². The molecule has 0 aromatic carbocycles. The summed E-state index contributed by atoms with van der Waals surface area (Å²) in [6.07, 6.45) is 3.67. The fourth-order valence-corrected chi connectivity index (χ4v) is 4.16. The van der Waals surface area contributed by atoms with Crippen LogP contribution in [0.15, 0.2) is 24.5 Å². The Morgan fingerprint density at radius 1 is 1.45 bits per heavy atom. The van der Waals surface area contributed by atoms with Crippen LogP contribution in [0, 0.1) is 0 Å². The minimum Gasteiger partial charge on any atom is -0.350 e. The van der Waals surface area contributed by atoms with Gasteiger partial charge >= 0.3 is 0 Å². The van der Waals surface area contributed by atoms with Gasteiger partial charge in [0.15, 0.2) is 9.84 Å². The normalized spacial score (nSPS) is 19.6. The summed E-state index contributed by atoms with van der Waals surface area (Å²) >= 11 is 0. The molecule has 1 atom stereocenters. The van der Waals surface area contributed by atoms with Gasteiger partial charge in [-0.25, -0.2) is 8.42 Å². The maximum atomic E-state index is 12.0. The third kappa shape index (κ3) is 4.52. The van der Waals surface area contributed by atoms with Crippen molar-refractivity contribution in [3.63, 3.8) is 0 Å². The number of carbonyl (C=O) groups excluding carboxylic acids is 2. The summed E-state index contributed by atoms with van der Waals surface area (Å²) in [5, 5.41) is 2.71. The first-order valence-corrected chi connectivity index (χ1v) is 8.83. The van der Waals surface area contributed by atoms with Gasteiger partial charge in [-0.05, 0) is 18.1 Å². The van der Waals surface area contributed by atoms with Crippen LogP contribution in [0.3, 0.4) is 0 Å². The Morgan fingerprint density at radius 2 is 2.23 bits per heavy atom. The molecule has 1 N–H and O–H groups in total. The zero-order chi connectivity index (χ0) is 16.2. The lowest BCUT2D eigenvalue weighted by atomic mass is 10.2. The van der Waals surface area contributed by atoms with E-state index in [4.69, 9.17) is 0 Å². The first-order chi connectivity index (χ1) is 10.4. The molecule has 2 rings (SSSR count). The number of nitrogens with zero attached hydrogens (tertiary/aromatic N) is 2. The molecule has 22 heavy (non-hydrogen) atoms. The fraction of sp³-hybridized carbons (Fsp3) is 0.500. The van der Waals surface area contributed by atoms with E-state index in [9.17, 15) is 18.0 Å². The molecule has 1 saturated heterocycles. The topological polar surface area (TPSA) is 96.4 Å². The molecule has 0 saturated carbocycles. The first kappa shape index (κ1) is 16.4. The van der Waals surface area contributed by atoms with Gasteiger partial charge in [0.2, 0.25) is 11.8 Å². The number of hydrogen-bond acceptors (Lipinski definition) is 5. The van der Waals surface area contributed by atoms with E-state index in [0.717, 1.165) is 5.56 Å². The van der Waals surface area contributed by atoms with Crippen molar-refractivity contribution in [2.45, 2.75) is 25.9 Å². The number of aromatic nitrogens is 1. The number of amides is 2. The second-order valence-electron chi connectivity index (χ2n) is 5.34. The average Bonchev–Trinajstić information content (AvgIpc) is 2.83. The van der Waals surface area contributed by atoms with Crippen LogP contribution in [0.1, 0.15) is 18.9 Å². The highest BCUT2D eigenvalue weighted by atomic mass is 32.2. The first-order valence-electron chi connectivity index (χ1n) is 7.00. The molecule has 1 unspecified atom stereocenters. The van der Waals surface area contributed by atoms with E-state index >= 15 is 0 Å². The molecule has 1 aliphatic heterocycles. The summed E-state index contributed by atoms with van der Waals surface area (Å²) in [5.41, 5.74) is 0.855. The van der Waals surface area contributed by atoms with Crippen molar-refractivity contribution < 1.29 is 18.0 Å². The van der Waals surface area contributed by atoms with Crippen LogP contribution < -0.4 is 5.32 Å². The van der Waals surface area contributed by atoms with E-state index in [1.165, 1.54) is 11.8 Å². The second-order valence-corrected chi connectivity index (χ2v) is 7.57. The predicted molar refractivity (Wildman–Crippen MR) is 80.5 cm³/mol. The quantitative estimate of drug-likeness (QED) is 0.804. The Morgan fingerprint density at radius 3 is 2.77 bits per heavy atom. The van der Waals surface area contributed by atoms with Crippen LogP contribution in [0.2, 0.25) is 0 Å². The standard InChI is InChI=1S/C14H19N3O4S/c1-11(18)17(13-4-6-22(20,21)10-13)9-14(19)16-8-12-3-2-5-15-7-12/h2-3,5,7,13H,4,6,8-10H2,1H3,(H,16,19). The van der Waals surface area contributed by atoms with Gasteiger partial charge in [-0.15, -0.1) is 0 Å². The summed E-state index contributed by atoms with van der Waals surface area (Å²) in [7, 11) is -3.10. The highest BCUT2D eigenvalue weighted by molar-refractivity contribution is 7.91. The Labute approximate surface area is 129 Å². The van der Waals surface area contributed by atoms with Crippen LogP contribution in [0.4, 0.5) is 0 Å². The van der Waals surface area contributed by atoms with Gasteiger partial charge in [0.1, 0.15) is 0 Å². The molecule has 8 heteroatoms. The number of sulfone groups is 1. The van der Waals surface area contributed by atoms with Gasteiger partial charge < -0.3 is 10.2 Å². The van der Waals surface area contributed by atoms with E-state index in [1.807, 2.05) is 6.07 Å². The van der Waals surface area contributed by atoms with E-state index < -0.39 is 15.9 Å². The molecule has 120 valence electrons. The molecule has 1 aromatic rings. The monoisotopic (exact) mass is 325 g/mol. The van der Waals surface area contributed by atoms with E-state index in [0.29, 0.717) is 13.0 Å². The van der Waals surface area contributed by atoms with Crippen molar-refractivity contribution in [3.8, 4) is 0 Å². The maximum absolute atomic E-state index is 12.0. The second kappa shape index (κ2) is 6.87. The lowest BCUT2D eigenvalue weighted by Gasteiger charge is -2.26. The zero-order valence-electron chi connectivity index (χ0n) is 12.4. The van der Waals surface area contributed by atoms with Crippen LogP contribution in [-0.4, -0.2) is 54.2 Å². The minimum atomic E-state index is -3.10. The van der Waals surface area contributed by atoms with Crippen molar-refractivity contribution in [2.24, 2.45) is 0 Å². The summed E-state index contributed by atoms with van der Waals surface area (Å²) in [6.45, 7) is 1.54. The molecule has 7 nitrogen and oxygen atoms in total. The van der Waals surface area contributed by atoms with Crippen LogP contribution in [0.25, 0.3) is 0 Å². The van der Waals surface area contributed by atoms with Gasteiger partial charge in [-0.1, -0.05) is 6.07 Å². The van der Waals surface area contributed by atoms with Gasteiger partial charge in [0.25, 0.3) is 0 Å². The van der Waals surface area contributed by atoms with Gasteiger partial charge in [0, 0.05) is 31.9 Å². The maximum Gasteiger partial charge on any atom is 0.239 e. The molecule has 0 spiro atoms.